The Balaban J connectivity index is 1.46. The van der Waals surface area contributed by atoms with Crippen LogP contribution in [0.3, 0.4) is 0 Å². The number of piperidine rings is 1. The third-order valence-corrected chi connectivity index (χ3v) is 8.32. The summed E-state index contributed by atoms with van der Waals surface area (Å²) >= 11 is 1.62. The lowest BCUT2D eigenvalue weighted by molar-refractivity contribution is 0.205. The van der Waals surface area contributed by atoms with Gasteiger partial charge >= 0.3 is 0 Å². The Morgan fingerprint density at radius 1 is 1.03 bits per heavy atom. The van der Waals surface area contributed by atoms with Crippen LogP contribution in [0.25, 0.3) is 0 Å². The smallest absolute Gasteiger partial charge is 0.264 e. The van der Waals surface area contributed by atoms with E-state index in [9.17, 15) is 12.8 Å². The molecule has 0 amide bonds. The van der Waals surface area contributed by atoms with Gasteiger partial charge in [-0.15, -0.1) is 11.8 Å². The molecule has 30 heavy (non-hydrogen) atoms. The quantitative estimate of drug-likeness (QED) is 0.586. The molecule has 0 saturated carbocycles. The number of fused-ring (bicyclic) bond motifs is 1. The number of anilines is 1. The highest BCUT2D eigenvalue weighted by Gasteiger charge is 2.30. The highest BCUT2D eigenvalue weighted by molar-refractivity contribution is 8.00. The number of sulfonamides is 1. The van der Waals surface area contributed by atoms with Crippen LogP contribution in [0.1, 0.15) is 25.7 Å². The lowest BCUT2D eigenvalue weighted by Gasteiger charge is -2.30. The van der Waals surface area contributed by atoms with Gasteiger partial charge in [0.25, 0.3) is 10.0 Å². The van der Waals surface area contributed by atoms with Crippen LogP contribution in [0.5, 0.6) is 5.75 Å². The molecule has 2 aromatic rings. The molecule has 0 atom stereocenters. The van der Waals surface area contributed by atoms with Crippen molar-refractivity contribution in [1.82, 2.24) is 4.90 Å². The largest absolute Gasteiger partial charge is 0.493 e. The summed E-state index contributed by atoms with van der Waals surface area (Å²) in [5.41, 5.74) is 0.601. The van der Waals surface area contributed by atoms with Crippen molar-refractivity contribution in [3.8, 4) is 5.75 Å². The summed E-state index contributed by atoms with van der Waals surface area (Å²) in [4.78, 5) is 3.33. The van der Waals surface area contributed by atoms with E-state index in [-0.39, 0.29) is 4.90 Å². The summed E-state index contributed by atoms with van der Waals surface area (Å²) < 4.78 is 47.2. The highest BCUT2D eigenvalue weighted by atomic mass is 32.2. The Labute approximate surface area is 182 Å². The number of nitrogens with zero attached hydrogens (tertiary/aromatic N) is 2. The number of hydrogen-bond acceptors (Lipinski definition) is 5. The van der Waals surface area contributed by atoms with Gasteiger partial charge in [0.15, 0.2) is 0 Å². The SMILES string of the molecule is O=S(=O)(c1cccc(F)c1)N1CCSc2ccc(OCCCN3CCCCC3)cc21. The Bertz CT molecular complexity index is 978. The Morgan fingerprint density at radius 3 is 2.67 bits per heavy atom. The summed E-state index contributed by atoms with van der Waals surface area (Å²) in [6, 6.07) is 10.8. The number of ether oxygens (including phenoxy) is 1. The van der Waals surface area contributed by atoms with Crippen molar-refractivity contribution in [2.75, 3.05) is 42.8 Å². The minimum atomic E-state index is -3.84. The fourth-order valence-corrected chi connectivity index (χ4v) is 6.58. The van der Waals surface area contributed by atoms with E-state index >= 15 is 0 Å². The van der Waals surface area contributed by atoms with Crippen molar-refractivity contribution in [2.24, 2.45) is 0 Å². The monoisotopic (exact) mass is 450 g/mol. The molecule has 8 heteroatoms. The predicted octanol–water partition coefficient (Wildman–Crippen LogP) is 4.38. The van der Waals surface area contributed by atoms with E-state index in [0.717, 1.165) is 23.9 Å². The molecule has 2 aliphatic rings. The number of hydrogen-bond donors (Lipinski definition) is 0. The van der Waals surface area contributed by atoms with Crippen LogP contribution >= 0.6 is 11.8 Å². The molecular formula is C22H27FN2O3S2. The van der Waals surface area contributed by atoms with Crippen LogP contribution in [0.15, 0.2) is 52.3 Å². The topological polar surface area (TPSA) is 49.9 Å². The number of halogens is 1. The summed E-state index contributed by atoms with van der Waals surface area (Å²) in [7, 11) is -3.84. The van der Waals surface area contributed by atoms with Crippen LogP contribution < -0.4 is 9.04 Å². The Kier molecular flexibility index (Phi) is 6.85. The van der Waals surface area contributed by atoms with Gasteiger partial charge in [-0.3, -0.25) is 4.31 Å². The zero-order valence-corrected chi connectivity index (χ0v) is 18.6. The minimum absolute atomic E-state index is 0.0341. The van der Waals surface area contributed by atoms with Gasteiger partial charge in [0.1, 0.15) is 11.6 Å². The van der Waals surface area contributed by atoms with Gasteiger partial charge in [0.2, 0.25) is 0 Å². The van der Waals surface area contributed by atoms with Crippen LogP contribution in [-0.4, -0.2) is 51.9 Å². The second kappa shape index (κ2) is 9.58. The fourth-order valence-electron chi connectivity index (χ4n) is 3.93. The molecule has 2 heterocycles. The molecule has 2 aliphatic heterocycles. The van der Waals surface area contributed by atoms with E-state index in [1.165, 1.54) is 54.9 Å². The number of likely N-dealkylation sites (tertiary alicyclic amines) is 1. The van der Waals surface area contributed by atoms with E-state index in [4.69, 9.17) is 4.74 Å². The maximum atomic E-state index is 13.6. The van der Waals surface area contributed by atoms with E-state index in [1.54, 1.807) is 17.8 Å². The molecule has 0 bridgehead atoms. The van der Waals surface area contributed by atoms with Gasteiger partial charge in [0.05, 0.1) is 17.2 Å². The first kappa shape index (κ1) is 21.5. The maximum Gasteiger partial charge on any atom is 0.264 e. The number of thioether (sulfide) groups is 1. The zero-order chi connectivity index (χ0) is 21.0. The third-order valence-electron chi connectivity index (χ3n) is 5.47. The lowest BCUT2D eigenvalue weighted by atomic mass is 10.1. The van der Waals surface area contributed by atoms with Gasteiger partial charge < -0.3 is 9.64 Å². The van der Waals surface area contributed by atoms with Crippen molar-refractivity contribution in [3.05, 3.63) is 48.3 Å². The van der Waals surface area contributed by atoms with E-state index in [1.807, 2.05) is 12.1 Å². The lowest BCUT2D eigenvalue weighted by Crippen LogP contribution is -2.35. The Morgan fingerprint density at radius 2 is 1.87 bits per heavy atom. The van der Waals surface area contributed by atoms with Gasteiger partial charge in [0, 0.05) is 29.8 Å². The van der Waals surface area contributed by atoms with Crippen LogP contribution in [-0.2, 0) is 10.0 Å². The number of benzene rings is 2. The van der Waals surface area contributed by atoms with E-state index < -0.39 is 15.8 Å². The predicted molar refractivity (Wildman–Crippen MR) is 119 cm³/mol. The Hall–Kier alpha value is -1.77. The highest BCUT2D eigenvalue weighted by Crippen LogP contribution is 2.40. The number of rotatable bonds is 7. The van der Waals surface area contributed by atoms with Gasteiger partial charge in [-0.1, -0.05) is 12.5 Å². The molecule has 4 rings (SSSR count). The molecule has 0 unspecified atom stereocenters. The molecule has 0 spiro atoms. The summed E-state index contributed by atoms with van der Waals surface area (Å²) in [5.74, 6) is 0.750. The first-order chi connectivity index (χ1) is 14.5. The second-order valence-corrected chi connectivity index (χ2v) is 10.6. The van der Waals surface area contributed by atoms with Crippen molar-refractivity contribution >= 4 is 27.5 Å². The zero-order valence-electron chi connectivity index (χ0n) is 16.9. The average Bonchev–Trinajstić information content (AvgIpc) is 2.77. The first-order valence-electron chi connectivity index (χ1n) is 10.4. The standard InChI is InChI=1S/C22H27FN2O3S2/c23-18-6-4-7-20(16-18)30(26,27)25-13-15-29-22-9-8-19(17-21(22)25)28-14-5-12-24-10-2-1-3-11-24/h4,6-9,16-17H,1-3,5,10-15H2. The normalized spacial score (nSPS) is 17.6. The van der Waals surface area contributed by atoms with Crippen molar-refractivity contribution in [2.45, 2.75) is 35.5 Å². The van der Waals surface area contributed by atoms with Gasteiger partial charge in [-0.2, -0.15) is 0 Å². The molecule has 162 valence electrons. The molecule has 0 aromatic heterocycles. The second-order valence-electron chi connectivity index (χ2n) is 7.62. The van der Waals surface area contributed by atoms with Crippen LogP contribution in [0.4, 0.5) is 10.1 Å². The molecule has 0 aliphatic carbocycles. The first-order valence-corrected chi connectivity index (χ1v) is 12.9. The van der Waals surface area contributed by atoms with Crippen LogP contribution in [0.2, 0.25) is 0 Å². The van der Waals surface area contributed by atoms with Crippen LogP contribution in [0, 0.1) is 5.82 Å². The average molecular weight is 451 g/mol. The molecule has 1 saturated heterocycles. The molecule has 0 N–H and O–H groups in total. The van der Waals surface area contributed by atoms with Crippen molar-refractivity contribution in [1.29, 1.82) is 0 Å². The molecule has 5 nitrogen and oxygen atoms in total. The summed E-state index contributed by atoms with van der Waals surface area (Å²) in [6.45, 7) is 4.31. The molecular weight excluding hydrogens is 423 g/mol. The van der Waals surface area contributed by atoms with Crippen molar-refractivity contribution < 1.29 is 17.5 Å². The molecule has 2 aromatic carbocycles. The van der Waals surface area contributed by atoms with Gasteiger partial charge in [-0.05, 0) is 62.7 Å². The van der Waals surface area contributed by atoms with Crippen molar-refractivity contribution in [3.63, 3.8) is 0 Å². The fraction of sp³-hybridized carbons (Fsp3) is 0.455. The summed E-state index contributed by atoms with van der Waals surface area (Å²) in [6.07, 6.45) is 4.82. The molecule has 0 radical (unpaired) electrons. The third kappa shape index (κ3) is 4.92. The maximum absolute atomic E-state index is 13.6. The van der Waals surface area contributed by atoms with E-state index in [0.29, 0.717) is 30.3 Å². The van der Waals surface area contributed by atoms with E-state index in [2.05, 4.69) is 4.90 Å². The molecule has 1 fully saturated rings. The van der Waals surface area contributed by atoms with Gasteiger partial charge in [-0.25, -0.2) is 12.8 Å². The minimum Gasteiger partial charge on any atom is -0.493 e. The summed E-state index contributed by atoms with van der Waals surface area (Å²) in [5, 5.41) is 0.